The van der Waals surface area contributed by atoms with Crippen molar-refractivity contribution in [1.82, 2.24) is 4.72 Å². The molecule has 0 aliphatic rings. The molecule has 0 saturated heterocycles. The van der Waals surface area contributed by atoms with Crippen LogP contribution in [0.5, 0.6) is 17.2 Å². The zero-order chi connectivity index (χ0) is 19.8. The number of aryl methyl sites for hydroxylation is 1. The lowest BCUT2D eigenvalue weighted by Crippen LogP contribution is -2.28. The summed E-state index contributed by atoms with van der Waals surface area (Å²) in [7, 11) is -3.60. The molecule has 3 aromatic rings. The molecule has 0 aromatic heterocycles. The van der Waals surface area contributed by atoms with E-state index in [4.69, 9.17) is 9.47 Å². The van der Waals surface area contributed by atoms with Crippen LogP contribution in [0.2, 0.25) is 0 Å². The van der Waals surface area contributed by atoms with E-state index in [1.165, 1.54) is 17.7 Å². The minimum absolute atomic E-state index is 0.181. The fraction of sp³-hybridized carbons (Fsp3) is 0.182. The van der Waals surface area contributed by atoms with Crippen LogP contribution in [0.15, 0.2) is 83.8 Å². The summed E-state index contributed by atoms with van der Waals surface area (Å²) in [4.78, 5) is 0.181. The van der Waals surface area contributed by atoms with E-state index in [2.05, 4.69) is 11.6 Å². The molecule has 0 fully saturated rings. The summed E-state index contributed by atoms with van der Waals surface area (Å²) in [6.07, 6.45) is 0.968. The van der Waals surface area contributed by atoms with Crippen molar-refractivity contribution in [2.24, 2.45) is 0 Å². The van der Waals surface area contributed by atoms with Gasteiger partial charge < -0.3 is 9.47 Å². The zero-order valence-electron chi connectivity index (χ0n) is 15.7. The van der Waals surface area contributed by atoms with Gasteiger partial charge in [-0.2, -0.15) is 0 Å². The van der Waals surface area contributed by atoms with E-state index < -0.39 is 10.0 Å². The van der Waals surface area contributed by atoms with E-state index in [0.29, 0.717) is 11.5 Å². The molecular formula is C22H23NO4S. The van der Waals surface area contributed by atoms with Crippen molar-refractivity contribution in [2.75, 3.05) is 13.2 Å². The molecular weight excluding hydrogens is 374 g/mol. The fourth-order valence-electron chi connectivity index (χ4n) is 2.56. The number of para-hydroxylation sites is 1. The van der Waals surface area contributed by atoms with Gasteiger partial charge in [0.15, 0.2) is 0 Å². The van der Waals surface area contributed by atoms with Crippen LogP contribution in [0.1, 0.15) is 12.5 Å². The Labute approximate surface area is 166 Å². The van der Waals surface area contributed by atoms with E-state index in [-0.39, 0.29) is 18.0 Å². The van der Waals surface area contributed by atoms with Crippen LogP contribution in [0, 0.1) is 0 Å². The number of sulfonamides is 1. The van der Waals surface area contributed by atoms with Gasteiger partial charge in [-0.05, 0) is 60.5 Å². The van der Waals surface area contributed by atoms with Crippen LogP contribution in [0.25, 0.3) is 0 Å². The molecule has 0 radical (unpaired) electrons. The molecule has 146 valence electrons. The molecule has 0 saturated carbocycles. The number of nitrogens with one attached hydrogen (secondary N) is 1. The predicted octanol–water partition coefficient (Wildman–Crippen LogP) is 4.40. The van der Waals surface area contributed by atoms with Gasteiger partial charge in [0.1, 0.15) is 23.9 Å². The van der Waals surface area contributed by atoms with Gasteiger partial charge in [0, 0.05) is 6.54 Å². The topological polar surface area (TPSA) is 64.6 Å². The molecule has 6 heteroatoms. The second-order valence-corrected chi connectivity index (χ2v) is 7.90. The molecule has 0 atom stereocenters. The first kappa shape index (κ1) is 19.9. The van der Waals surface area contributed by atoms with E-state index in [1.54, 1.807) is 12.1 Å². The maximum atomic E-state index is 12.4. The average Bonchev–Trinajstić information content (AvgIpc) is 2.73. The molecule has 3 rings (SSSR count). The van der Waals surface area contributed by atoms with Gasteiger partial charge in [0.05, 0.1) is 4.90 Å². The van der Waals surface area contributed by atoms with Crippen molar-refractivity contribution in [3.05, 3.63) is 84.4 Å². The second-order valence-electron chi connectivity index (χ2n) is 6.13. The number of hydrogen-bond donors (Lipinski definition) is 1. The molecule has 0 amide bonds. The summed E-state index contributed by atoms with van der Waals surface area (Å²) < 4.78 is 38.6. The monoisotopic (exact) mass is 397 g/mol. The Morgan fingerprint density at radius 2 is 1.39 bits per heavy atom. The molecule has 0 aliphatic carbocycles. The number of ether oxygens (including phenoxy) is 2. The highest BCUT2D eigenvalue weighted by molar-refractivity contribution is 7.89. The SMILES string of the molecule is CCc1ccc(OCCNS(=O)(=O)c2ccc(Oc3ccccc3)cc2)cc1. The maximum Gasteiger partial charge on any atom is 0.240 e. The van der Waals surface area contributed by atoms with Gasteiger partial charge in [-0.25, -0.2) is 13.1 Å². The first-order valence-electron chi connectivity index (χ1n) is 9.11. The smallest absolute Gasteiger partial charge is 0.240 e. The molecule has 0 spiro atoms. The molecule has 1 N–H and O–H groups in total. The third kappa shape index (κ3) is 5.58. The Hall–Kier alpha value is -2.83. The van der Waals surface area contributed by atoms with Gasteiger partial charge in [-0.1, -0.05) is 37.3 Å². The van der Waals surface area contributed by atoms with Crippen molar-refractivity contribution in [2.45, 2.75) is 18.2 Å². The molecule has 0 heterocycles. The zero-order valence-corrected chi connectivity index (χ0v) is 16.5. The summed E-state index contributed by atoms with van der Waals surface area (Å²) in [5.41, 5.74) is 1.23. The maximum absolute atomic E-state index is 12.4. The highest BCUT2D eigenvalue weighted by atomic mass is 32.2. The van der Waals surface area contributed by atoms with Crippen LogP contribution in [0.3, 0.4) is 0 Å². The minimum atomic E-state index is -3.60. The third-order valence-corrected chi connectivity index (χ3v) is 5.58. The summed E-state index contributed by atoms with van der Waals surface area (Å²) in [5, 5.41) is 0. The van der Waals surface area contributed by atoms with Gasteiger partial charge in [0.2, 0.25) is 10.0 Å². The average molecular weight is 397 g/mol. The Bertz CT molecular complexity index is 969. The molecule has 3 aromatic carbocycles. The molecule has 5 nitrogen and oxygen atoms in total. The van der Waals surface area contributed by atoms with Crippen molar-refractivity contribution in [3.8, 4) is 17.2 Å². The second kappa shape index (κ2) is 9.39. The fourth-order valence-corrected chi connectivity index (χ4v) is 3.57. The first-order chi connectivity index (χ1) is 13.6. The Kier molecular flexibility index (Phi) is 6.68. The molecule has 0 unspecified atom stereocenters. The molecule has 28 heavy (non-hydrogen) atoms. The number of rotatable bonds is 9. The van der Waals surface area contributed by atoms with Gasteiger partial charge in [-0.15, -0.1) is 0 Å². The van der Waals surface area contributed by atoms with Gasteiger partial charge in [-0.3, -0.25) is 0 Å². The van der Waals surface area contributed by atoms with Gasteiger partial charge >= 0.3 is 0 Å². The van der Waals surface area contributed by atoms with Crippen LogP contribution >= 0.6 is 0 Å². The molecule has 0 bridgehead atoms. The van der Waals surface area contributed by atoms with Crippen molar-refractivity contribution in [3.63, 3.8) is 0 Å². The van der Waals surface area contributed by atoms with Crippen LogP contribution in [-0.4, -0.2) is 21.6 Å². The van der Waals surface area contributed by atoms with Crippen LogP contribution < -0.4 is 14.2 Å². The highest BCUT2D eigenvalue weighted by Gasteiger charge is 2.13. The lowest BCUT2D eigenvalue weighted by Gasteiger charge is -2.10. The normalized spacial score (nSPS) is 11.2. The Morgan fingerprint density at radius 1 is 0.786 bits per heavy atom. The standard InChI is InChI=1S/C22H23NO4S/c1-2-18-8-10-19(11-9-18)26-17-16-23-28(24,25)22-14-12-21(13-15-22)27-20-6-4-3-5-7-20/h3-15,23H,2,16-17H2,1H3. The largest absolute Gasteiger partial charge is 0.492 e. The van der Waals surface area contributed by atoms with Crippen molar-refractivity contribution in [1.29, 1.82) is 0 Å². The lowest BCUT2D eigenvalue weighted by molar-refractivity contribution is 0.322. The van der Waals surface area contributed by atoms with E-state index in [0.717, 1.165) is 12.2 Å². The first-order valence-corrected chi connectivity index (χ1v) is 10.6. The van der Waals surface area contributed by atoms with Crippen molar-refractivity contribution < 1.29 is 17.9 Å². The summed E-state index contributed by atoms with van der Waals surface area (Å²) >= 11 is 0. The van der Waals surface area contributed by atoms with Crippen molar-refractivity contribution >= 4 is 10.0 Å². The summed E-state index contributed by atoms with van der Waals surface area (Å²) in [6, 6.07) is 23.4. The van der Waals surface area contributed by atoms with E-state index in [1.807, 2.05) is 54.6 Å². The van der Waals surface area contributed by atoms with Crippen LogP contribution in [-0.2, 0) is 16.4 Å². The van der Waals surface area contributed by atoms with E-state index >= 15 is 0 Å². The van der Waals surface area contributed by atoms with Gasteiger partial charge in [0.25, 0.3) is 0 Å². The summed E-state index contributed by atoms with van der Waals surface area (Å²) in [5.74, 6) is 1.99. The number of benzene rings is 3. The quantitative estimate of drug-likeness (QED) is 0.544. The summed E-state index contributed by atoms with van der Waals surface area (Å²) in [6.45, 7) is 2.52. The van der Waals surface area contributed by atoms with Crippen LogP contribution in [0.4, 0.5) is 0 Å². The Balaban J connectivity index is 1.50. The molecule has 0 aliphatic heterocycles. The lowest BCUT2D eigenvalue weighted by atomic mass is 10.2. The third-order valence-electron chi connectivity index (χ3n) is 4.11. The minimum Gasteiger partial charge on any atom is -0.492 e. The Morgan fingerprint density at radius 3 is 2.04 bits per heavy atom. The highest BCUT2D eigenvalue weighted by Crippen LogP contribution is 2.22. The van der Waals surface area contributed by atoms with E-state index in [9.17, 15) is 8.42 Å². The predicted molar refractivity (Wildman–Crippen MR) is 109 cm³/mol. The number of hydrogen-bond acceptors (Lipinski definition) is 4.